The number of hydrogen-bond acceptors (Lipinski definition) is 14. The fraction of sp³-hybridized carbons (Fsp3) is 0.444. The van der Waals surface area contributed by atoms with Crippen molar-refractivity contribution in [1.82, 2.24) is 75.5 Å². The van der Waals surface area contributed by atoms with Crippen molar-refractivity contribution in [2.24, 2.45) is 0 Å². The number of alkyl halides is 3. The van der Waals surface area contributed by atoms with Crippen LogP contribution in [0.4, 0.5) is 26.3 Å². The van der Waals surface area contributed by atoms with Gasteiger partial charge in [-0.2, -0.15) is 38.7 Å². The van der Waals surface area contributed by atoms with Crippen molar-refractivity contribution < 1.29 is 45.3 Å². The predicted octanol–water partition coefficient (Wildman–Crippen LogP) is 18.4. The van der Waals surface area contributed by atoms with Crippen LogP contribution in [0.15, 0.2) is 128 Å². The number of halogens is 7. The zero-order chi connectivity index (χ0) is 77.6. The van der Waals surface area contributed by atoms with E-state index in [-0.39, 0.29) is 29.2 Å². The molecule has 0 atom stereocenters. The average molecular weight is 1510 g/mol. The molecular weight excluding hydrogens is 1400 g/mol. The molecule has 0 amide bonds. The van der Waals surface area contributed by atoms with Crippen molar-refractivity contribution >= 4 is 11.6 Å². The van der Waals surface area contributed by atoms with Gasteiger partial charge in [0.15, 0.2) is 23.1 Å². The van der Waals surface area contributed by atoms with Crippen LogP contribution in [0.5, 0.6) is 17.2 Å². The summed E-state index contributed by atoms with van der Waals surface area (Å²) in [4.78, 5) is 11.1. The van der Waals surface area contributed by atoms with E-state index >= 15 is 0 Å². The number of nitrogens with one attached hydrogen (secondary N) is 5. The predicted molar refractivity (Wildman–Crippen MR) is 415 cm³/mol. The van der Waals surface area contributed by atoms with Crippen LogP contribution in [0.1, 0.15) is 139 Å². The number of aromatic amines is 5. The zero-order valence-electron chi connectivity index (χ0n) is 64.5. The minimum absolute atomic E-state index is 0.0486. The Labute approximate surface area is 632 Å². The van der Waals surface area contributed by atoms with Gasteiger partial charge in [-0.25, -0.2) is 13.2 Å². The first-order valence-corrected chi connectivity index (χ1v) is 37.0. The normalized spacial score (nSPS) is 12.4. The van der Waals surface area contributed by atoms with E-state index < -0.39 is 17.6 Å². The molecule has 11 rings (SSSR count). The molecule has 5 aromatic heterocycles. The molecule has 107 heavy (non-hydrogen) atoms. The summed E-state index contributed by atoms with van der Waals surface area (Å²) in [6, 6.07) is 27.5. The Morgan fingerprint density at radius 3 is 1.36 bits per heavy atom. The molecule has 0 radical (unpaired) electrons. The van der Waals surface area contributed by atoms with Crippen LogP contribution in [0.25, 0.3) is 56.0 Å². The molecule has 1 fully saturated rings. The molecule has 10 aromatic rings. The van der Waals surface area contributed by atoms with Gasteiger partial charge in [-0.1, -0.05) is 82.6 Å². The van der Waals surface area contributed by atoms with E-state index in [9.17, 15) is 26.3 Å². The topological polar surface area (TPSA) is 197 Å². The van der Waals surface area contributed by atoms with Gasteiger partial charge in [-0.3, -0.25) is 25.5 Å². The SMILES string of the molecule is CCCN(C)Cc1[nH]ncc1-c1ccc(C2CCOCC2)cc1.CCCN(C)Cc1[nH]ncc1-c1ccc(OC(C)C)c(F)c1.CCCN(C)Cc1cn[nH]c1-c1ccc(C(F)(F)F)c(F)c1.CCCN(C)Cc1cn[nH]c1-c1ccc(F)c(OC)c1.CCCN(C)Cc1cn[nH]c1-c1ccc(OC)cc1Cl. The van der Waals surface area contributed by atoms with Gasteiger partial charge < -0.3 is 43.4 Å². The van der Waals surface area contributed by atoms with Crippen molar-refractivity contribution in [3.05, 3.63) is 190 Å². The number of aromatic nitrogens is 10. The number of methoxy groups -OCH3 is 2. The van der Waals surface area contributed by atoms with E-state index in [4.69, 9.17) is 30.5 Å². The molecule has 26 heteroatoms. The van der Waals surface area contributed by atoms with E-state index in [1.807, 2.05) is 63.8 Å². The quantitative estimate of drug-likeness (QED) is 0.0267. The second-order valence-electron chi connectivity index (χ2n) is 27.2. The van der Waals surface area contributed by atoms with Crippen LogP contribution in [0, 0.1) is 17.5 Å². The number of rotatable bonds is 30. The van der Waals surface area contributed by atoms with Crippen molar-refractivity contribution in [1.29, 1.82) is 0 Å². The summed E-state index contributed by atoms with van der Waals surface area (Å²) < 4.78 is 100. The minimum atomic E-state index is -4.69. The van der Waals surface area contributed by atoms with Crippen molar-refractivity contribution in [2.45, 2.75) is 144 Å². The molecule has 0 saturated carbocycles. The Bertz CT molecular complexity index is 4230. The number of H-pyrrole nitrogens is 5. The monoisotopic (exact) mass is 1500 g/mol. The Hall–Kier alpha value is -8.82. The Kier molecular flexibility index (Phi) is 34.5. The highest BCUT2D eigenvalue weighted by molar-refractivity contribution is 6.33. The maximum atomic E-state index is 14.2. The molecule has 6 heterocycles. The van der Waals surface area contributed by atoms with Gasteiger partial charge >= 0.3 is 6.18 Å². The van der Waals surface area contributed by atoms with Crippen LogP contribution in [-0.4, -0.2) is 177 Å². The molecule has 1 aliphatic heterocycles. The molecule has 0 aliphatic carbocycles. The van der Waals surface area contributed by atoms with Crippen LogP contribution >= 0.6 is 11.6 Å². The lowest BCUT2D eigenvalue weighted by molar-refractivity contribution is -0.140. The van der Waals surface area contributed by atoms with E-state index in [1.54, 1.807) is 37.7 Å². The van der Waals surface area contributed by atoms with Gasteiger partial charge in [0.2, 0.25) is 0 Å². The van der Waals surface area contributed by atoms with Gasteiger partial charge in [0, 0.05) is 90.4 Å². The number of nitrogens with zero attached hydrogens (tertiary/aromatic N) is 10. The summed E-state index contributed by atoms with van der Waals surface area (Å²) in [6.07, 6.45) is 12.0. The number of ether oxygens (including phenoxy) is 4. The fourth-order valence-electron chi connectivity index (χ4n) is 12.6. The first-order valence-electron chi connectivity index (χ1n) is 36.7. The van der Waals surface area contributed by atoms with Crippen molar-refractivity contribution in [2.75, 3.05) is 95.4 Å². The largest absolute Gasteiger partial charge is 0.497 e. The number of hydrogen-bond donors (Lipinski definition) is 5. The van der Waals surface area contributed by atoms with E-state index in [1.165, 1.54) is 54.1 Å². The Morgan fingerprint density at radius 2 is 0.907 bits per heavy atom. The third kappa shape index (κ3) is 26.0. The van der Waals surface area contributed by atoms with E-state index in [2.05, 4.69) is 163 Å². The Balaban J connectivity index is 0.000000187. The van der Waals surface area contributed by atoms with Crippen LogP contribution in [0.2, 0.25) is 5.02 Å². The highest BCUT2D eigenvalue weighted by Gasteiger charge is 2.34. The lowest BCUT2D eigenvalue weighted by Crippen LogP contribution is -2.19. The average Bonchev–Trinajstić information content (AvgIpc) is 1.82. The van der Waals surface area contributed by atoms with Gasteiger partial charge in [-0.05, 0) is 210 Å². The molecule has 580 valence electrons. The molecule has 1 saturated heterocycles. The maximum absolute atomic E-state index is 14.2. The van der Waals surface area contributed by atoms with Crippen LogP contribution < -0.4 is 14.2 Å². The second-order valence-corrected chi connectivity index (χ2v) is 27.6. The third-order valence-corrected chi connectivity index (χ3v) is 18.1. The fourth-order valence-corrected chi connectivity index (χ4v) is 12.9. The lowest BCUT2D eigenvalue weighted by Gasteiger charge is -2.22. The Morgan fingerprint density at radius 1 is 0.467 bits per heavy atom. The molecule has 19 nitrogen and oxygen atoms in total. The minimum Gasteiger partial charge on any atom is -0.497 e. The third-order valence-electron chi connectivity index (χ3n) is 17.8. The first-order chi connectivity index (χ1) is 51.4. The van der Waals surface area contributed by atoms with Gasteiger partial charge in [0.05, 0.1) is 90.4 Å². The van der Waals surface area contributed by atoms with Gasteiger partial charge in [-0.15, -0.1) is 0 Å². The highest BCUT2D eigenvalue weighted by Crippen LogP contribution is 2.37. The molecular formula is C81H108ClF6N15O4. The molecule has 0 spiro atoms. The standard InChI is InChI=1S/C19H27N3O.C17H24FN3O.C15H20ClN3O.C15H17F4N3.C15H20FN3O/c1-3-10-22(2)14-19-18(13-20-21-19)17-6-4-15(5-7-17)16-8-11-23-12-9-16;1-5-8-21(4)11-16-14(10-19-20-16)13-6-7-17(15(18)9-13)22-12(2)3;1-4-7-19(2)10-11-9-17-18-15(11)13-6-5-12(20-3)8-14(13)16;1-3-6-22(2)9-11-8-20-21-14(11)10-4-5-12(13(16)7-10)15(17,18)19;1-4-7-19(2)10-12-9-17-18-15(12)11-5-6-13(16)14(8-11)20-3/h4-7,13,16H,3,8-12,14H2,1-2H3,(H,20,21);6-7,9-10,12H,5,8,11H2,1-4H3,(H,19,20);5-6,8-9H,4,7,10H2,1-3H3,(H,17,18);4-5,7-8H,3,6,9H2,1-2H3,(H,20,21);5-6,8-9H,4,7,10H2,1-3H3,(H,17,18). The van der Waals surface area contributed by atoms with Crippen molar-refractivity contribution in [3.8, 4) is 73.3 Å². The van der Waals surface area contributed by atoms with E-state index in [0.29, 0.717) is 28.7 Å². The van der Waals surface area contributed by atoms with Crippen LogP contribution in [-0.2, 0) is 43.6 Å². The summed E-state index contributed by atoms with van der Waals surface area (Å²) in [7, 11) is 13.4. The molecule has 5 aromatic carbocycles. The van der Waals surface area contributed by atoms with Gasteiger partial charge in [0.1, 0.15) is 11.6 Å². The number of benzene rings is 5. The maximum Gasteiger partial charge on any atom is 0.419 e. The van der Waals surface area contributed by atoms with Crippen molar-refractivity contribution in [3.63, 3.8) is 0 Å². The second kappa shape index (κ2) is 43.2. The van der Waals surface area contributed by atoms with Gasteiger partial charge in [0.25, 0.3) is 0 Å². The summed E-state index contributed by atoms with van der Waals surface area (Å²) >= 11 is 6.33. The van der Waals surface area contributed by atoms with E-state index in [0.717, 1.165) is 185 Å². The molecule has 0 bridgehead atoms. The molecule has 0 unspecified atom stereocenters. The lowest BCUT2D eigenvalue weighted by atomic mass is 9.90. The van der Waals surface area contributed by atoms with Crippen LogP contribution in [0.3, 0.4) is 0 Å². The molecule has 1 aliphatic rings. The highest BCUT2D eigenvalue weighted by atomic mass is 35.5. The summed E-state index contributed by atoms with van der Waals surface area (Å²) in [5, 5.41) is 36.1. The summed E-state index contributed by atoms with van der Waals surface area (Å²) in [5.41, 5.74) is 14.2. The smallest absolute Gasteiger partial charge is 0.419 e. The molecule has 5 N–H and O–H groups in total. The zero-order valence-corrected chi connectivity index (χ0v) is 65.2. The summed E-state index contributed by atoms with van der Waals surface area (Å²) in [5.74, 6) is -0.0646. The summed E-state index contributed by atoms with van der Waals surface area (Å²) in [6.45, 7) is 25.2. The first kappa shape index (κ1) is 85.4.